The molecule has 1 N–H and O–H groups in total. The molecule has 1 aliphatic rings. The van der Waals surface area contributed by atoms with E-state index in [1.54, 1.807) is 0 Å². The first-order chi connectivity index (χ1) is 6.66. The van der Waals surface area contributed by atoms with Gasteiger partial charge < -0.3 is 5.32 Å². The molecule has 0 radical (unpaired) electrons. The second-order valence-corrected chi connectivity index (χ2v) is 4.26. The van der Waals surface area contributed by atoms with Gasteiger partial charge in [0.1, 0.15) is 0 Å². The Labute approximate surface area is 89.1 Å². The third-order valence-electron chi connectivity index (χ3n) is 2.38. The van der Waals surface area contributed by atoms with Crippen molar-refractivity contribution in [2.75, 3.05) is 0 Å². The zero-order valence-corrected chi connectivity index (χ0v) is 8.97. The van der Waals surface area contributed by atoms with E-state index in [1.807, 2.05) is 25.1 Å². The van der Waals surface area contributed by atoms with Crippen molar-refractivity contribution in [3.05, 3.63) is 29.3 Å². The lowest BCUT2D eigenvalue weighted by Crippen LogP contribution is -2.26. The normalized spacial score (nSPS) is 15.3. The fourth-order valence-electron chi connectivity index (χ4n) is 1.35. The Kier molecular flexibility index (Phi) is 2.50. The number of benzene rings is 1. The number of carbonyl (C=O) groups excluding carboxylic acids is 1. The lowest BCUT2D eigenvalue weighted by atomic mass is 10.1. The molecule has 1 aromatic carbocycles. The largest absolute Gasteiger partial charge is 0.349 e. The van der Waals surface area contributed by atoms with Gasteiger partial charge in [-0.15, -0.1) is 12.6 Å². The van der Waals surface area contributed by atoms with Gasteiger partial charge in [-0.25, -0.2) is 0 Å². The van der Waals surface area contributed by atoms with Crippen LogP contribution in [0.15, 0.2) is 23.1 Å². The first-order valence-electron chi connectivity index (χ1n) is 4.77. The summed E-state index contributed by atoms with van der Waals surface area (Å²) >= 11 is 4.22. The summed E-state index contributed by atoms with van der Waals surface area (Å²) in [5, 5.41) is 2.97. The Bertz CT molecular complexity index is 372. The van der Waals surface area contributed by atoms with Crippen molar-refractivity contribution < 1.29 is 4.79 Å². The molecule has 0 heterocycles. The molecule has 2 nitrogen and oxygen atoms in total. The second-order valence-electron chi connectivity index (χ2n) is 3.75. The van der Waals surface area contributed by atoms with Crippen LogP contribution in [0.25, 0.3) is 0 Å². The summed E-state index contributed by atoms with van der Waals surface area (Å²) in [6, 6.07) is 6.04. The minimum atomic E-state index is 0.0286. The van der Waals surface area contributed by atoms with Crippen LogP contribution in [0.5, 0.6) is 0 Å². The summed E-state index contributed by atoms with van der Waals surface area (Å²) < 4.78 is 0. The molecule has 1 saturated carbocycles. The van der Waals surface area contributed by atoms with Crippen molar-refractivity contribution >= 4 is 18.5 Å². The van der Waals surface area contributed by atoms with Gasteiger partial charge in [0.25, 0.3) is 5.91 Å². The van der Waals surface area contributed by atoms with Crippen molar-refractivity contribution in [3.8, 4) is 0 Å². The summed E-state index contributed by atoms with van der Waals surface area (Å²) in [4.78, 5) is 12.6. The Morgan fingerprint density at radius 2 is 2.21 bits per heavy atom. The fraction of sp³-hybridized carbons (Fsp3) is 0.364. The Balaban J connectivity index is 2.20. The van der Waals surface area contributed by atoms with Crippen LogP contribution in [-0.2, 0) is 0 Å². The number of aryl methyl sites for hydroxylation is 1. The van der Waals surface area contributed by atoms with Gasteiger partial charge in [0.15, 0.2) is 0 Å². The van der Waals surface area contributed by atoms with Gasteiger partial charge in [0.2, 0.25) is 0 Å². The van der Waals surface area contributed by atoms with E-state index in [0.717, 1.165) is 28.9 Å². The number of carbonyl (C=O) groups is 1. The number of rotatable bonds is 2. The van der Waals surface area contributed by atoms with E-state index in [-0.39, 0.29) is 5.91 Å². The molecule has 0 aromatic heterocycles. The fourth-order valence-corrected chi connectivity index (χ4v) is 1.55. The van der Waals surface area contributed by atoms with Crippen molar-refractivity contribution in [1.82, 2.24) is 5.32 Å². The van der Waals surface area contributed by atoms with Gasteiger partial charge in [-0.05, 0) is 37.5 Å². The molecule has 3 heteroatoms. The van der Waals surface area contributed by atoms with Crippen LogP contribution in [0.3, 0.4) is 0 Å². The van der Waals surface area contributed by atoms with Crippen LogP contribution in [0.1, 0.15) is 28.8 Å². The average Bonchev–Trinajstić information content (AvgIpc) is 2.93. The van der Waals surface area contributed by atoms with Crippen LogP contribution in [0.4, 0.5) is 0 Å². The molecule has 14 heavy (non-hydrogen) atoms. The van der Waals surface area contributed by atoms with Crippen LogP contribution >= 0.6 is 12.6 Å². The smallest absolute Gasteiger partial charge is 0.251 e. The lowest BCUT2D eigenvalue weighted by Gasteiger charge is -2.06. The number of hydrogen-bond donors (Lipinski definition) is 2. The van der Waals surface area contributed by atoms with E-state index in [1.165, 1.54) is 0 Å². The van der Waals surface area contributed by atoms with Crippen LogP contribution in [0.2, 0.25) is 0 Å². The van der Waals surface area contributed by atoms with Crippen molar-refractivity contribution in [2.24, 2.45) is 0 Å². The van der Waals surface area contributed by atoms with Crippen LogP contribution in [0, 0.1) is 6.92 Å². The quantitative estimate of drug-likeness (QED) is 0.715. The first-order valence-corrected chi connectivity index (χ1v) is 5.22. The lowest BCUT2D eigenvalue weighted by molar-refractivity contribution is 0.0950. The van der Waals surface area contributed by atoms with Crippen LogP contribution < -0.4 is 5.32 Å². The number of nitrogens with one attached hydrogen (secondary N) is 1. The third-order valence-corrected chi connectivity index (χ3v) is 2.66. The molecule has 0 unspecified atom stereocenters. The molecule has 2 rings (SSSR count). The molecule has 1 aromatic rings. The molecule has 0 atom stereocenters. The minimum Gasteiger partial charge on any atom is -0.349 e. The van der Waals surface area contributed by atoms with Crippen LogP contribution in [-0.4, -0.2) is 11.9 Å². The van der Waals surface area contributed by atoms with Gasteiger partial charge in [-0.3, -0.25) is 4.79 Å². The predicted octanol–water partition coefficient (Wildman–Crippen LogP) is 2.18. The molecule has 0 saturated heterocycles. The molecule has 1 amide bonds. The van der Waals surface area contributed by atoms with Gasteiger partial charge in [0, 0.05) is 16.5 Å². The second kappa shape index (κ2) is 3.65. The molecule has 0 bridgehead atoms. The SMILES string of the molecule is Cc1ccc(S)cc1C(=O)NC1CC1. The highest BCUT2D eigenvalue weighted by Gasteiger charge is 2.24. The first kappa shape index (κ1) is 9.59. The van der Waals surface area contributed by atoms with E-state index in [9.17, 15) is 4.79 Å². The van der Waals surface area contributed by atoms with E-state index >= 15 is 0 Å². The zero-order chi connectivity index (χ0) is 10.1. The highest BCUT2D eigenvalue weighted by Crippen LogP contribution is 2.20. The van der Waals surface area contributed by atoms with Crippen molar-refractivity contribution in [3.63, 3.8) is 0 Å². The topological polar surface area (TPSA) is 29.1 Å². The van der Waals surface area contributed by atoms with Gasteiger partial charge in [-0.2, -0.15) is 0 Å². The molecule has 1 aliphatic carbocycles. The van der Waals surface area contributed by atoms with E-state index in [0.29, 0.717) is 6.04 Å². The number of hydrogen-bond acceptors (Lipinski definition) is 2. The average molecular weight is 207 g/mol. The van der Waals surface area contributed by atoms with Gasteiger partial charge in [-0.1, -0.05) is 6.07 Å². The maximum Gasteiger partial charge on any atom is 0.251 e. The van der Waals surface area contributed by atoms with Gasteiger partial charge in [0.05, 0.1) is 0 Å². The zero-order valence-electron chi connectivity index (χ0n) is 8.08. The van der Waals surface area contributed by atoms with Gasteiger partial charge >= 0.3 is 0 Å². The predicted molar refractivity (Wildman–Crippen MR) is 58.9 cm³/mol. The molecule has 1 fully saturated rings. The Morgan fingerprint density at radius 3 is 2.86 bits per heavy atom. The Hall–Kier alpha value is -0.960. The van der Waals surface area contributed by atoms with Crippen molar-refractivity contribution in [2.45, 2.75) is 30.7 Å². The summed E-state index contributed by atoms with van der Waals surface area (Å²) in [6.45, 7) is 1.94. The van der Waals surface area contributed by atoms with Crippen molar-refractivity contribution in [1.29, 1.82) is 0 Å². The van der Waals surface area contributed by atoms with E-state index < -0.39 is 0 Å². The monoisotopic (exact) mass is 207 g/mol. The highest BCUT2D eigenvalue weighted by atomic mass is 32.1. The number of thiol groups is 1. The summed E-state index contributed by atoms with van der Waals surface area (Å²) in [5.41, 5.74) is 1.74. The summed E-state index contributed by atoms with van der Waals surface area (Å²) in [6.07, 6.45) is 2.23. The molecule has 74 valence electrons. The molecule has 0 spiro atoms. The maximum atomic E-state index is 11.7. The summed E-state index contributed by atoms with van der Waals surface area (Å²) in [7, 11) is 0. The highest BCUT2D eigenvalue weighted by molar-refractivity contribution is 7.80. The number of amides is 1. The molecule has 0 aliphatic heterocycles. The Morgan fingerprint density at radius 1 is 1.50 bits per heavy atom. The molecular formula is C11H13NOS. The molecular weight excluding hydrogens is 194 g/mol. The van der Waals surface area contributed by atoms with E-state index in [2.05, 4.69) is 17.9 Å². The summed E-state index contributed by atoms with van der Waals surface area (Å²) in [5.74, 6) is 0.0286. The minimum absolute atomic E-state index is 0.0286. The standard InChI is InChI=1S/C11H13NOS/c1-7-2-5-9(14)6-10(7)11(13)12-8-3-4-8/h2,5-6,8,14H,3-4H2,1H3,(H,12,13). The van der Waals surface area contributed by atoms with E-state index in [4.69, 9.17) is 0 Å². The maximum absolute atomic E-state index is 11.7. The third kappa shape index (κ3) is 2.10.